The molecule has 1 aliphatic carbocycles. The van der Waals surface area contributed by atoms with Gasteiger partial charge >= 0.3 is 0 Å². The van der Waals surface area contributed by atoms with Crippen LogP contribution in [0.25, 0.3) is 0 Å². The maximum absolute atomic E-state index is 12.4. The summed E-state index contributed by atoms with van der Waals surface area (Å²) < 4.78 is 1.15. The lowest BCUT2D eigenvalue weighted by molar-refractivity contribution is 0.0910. The molecule has 3 nitrogen and oxygen atoms in total. The molecule has 102 valence electrons. The Hall–Kier alpha value is -0.810. The molecule has 19 heavy (non-hydrogen) atoms. The Morgan fingerprint density at radius 2 is 2.16 bits per heavy atom. The van der Waals surface area contributed by atoms with Crippen LogP contribution in [-0.2, 0) is 6.42 Å². The van der Waals surface area contributed by atoms with Crippen molar-refractivity contribution in [1.29, 1.82) is 0 Å². The number of fused-ring (bicyclic) bond motifs is 1. The minimum atomic E-state index is 0.0642. The molecule has 0 radical (unpaired) electrons. The molecule has 1 aromatic heterocycles. The Kier molecular flexibility index (Phi) is 3.21. The number of Topliss-reactive ketones (excluding diaryl/α,β-unsaturated/α-hetero) is 1. The quantitative estimate of drug-likeness (QED) is 0.853. The second-order valence-corrected chi connectivity index (χ2v) is 7.97. The topological polar surface area (TPSA) is 41.5 Å². The molecule has 0 fully saturated rings. The van der Waals surface area contributed by atoms with Crippen molar-refractivity contribution in [3.63, 3.8) is 0 Å². The molecule has 2 heterocycles. The van der Waals surface area contributed by atoms with Crippen molar-refractivity contribution in [2.75, 3.05) is 19.3 Å². The van der Waals surface area contributed by atoms with E-state index >= 15 is 0 Å². The first-order valence-electron chi connectivity index (χ1n) is 6.53. The molecule has 1 aromatic rings. The molecule has 0 saturated heterocycles. The molecular weight excluding hydrogens is 276 g/mol. The number of thioether (sulfide) groups is 1. The lowest BCUT2D eigenvalue weighted by Crippen LogP contribution is -2.28. The van der Waals surface area contributed by atoms with E-state index in [1.807, 2.05) is 6.26 Å². The summed E-state index contributed by atoms with van der Waals surface area (Å²) in [5.41, 5.74) is 2.27. The Balaban J connectivity index is 2.15. The zero-order chi connectivity index (χ0) is 13.6. The number of amidine groups is 1. The number of aliphatic imine (C=N–C) groups is 1. The molecule has 0 atom stereocenters. The van der Waals surface area contributed by atoms with Crippen LogP contribution in [0.5, 0.6) is 0 Å². The molecule has 0 unspecified atom stereocenters. The molecule has 0 aromatic carbocycles. The zero-order valence-electron chi connectivity index (χ0n) is 11.5. The second kappa shape index (κ2) is 4.63. The van der Waals surface area contributed by atoms with Crippen molar-refractivity contribution in [2.24, 2.45) is 10.4 Å². The number of thiophene rings is 1. The van der Waals surface area contributed by atoms with Crippen LogP contribution in [0.3, 0.4) is 0 Å². The molecule has 0 amide bonds. The Bertz CT molecular complexity index is 572. The van der Waals surface area contributed by atoms with Crippen LogP contribution in [0.4, 0.5) is 0 Å². The van der Waals surface area contributed by atoms with Gasteiger partial charge in [-0.05, 0) is 23.7 Å². The number of nitrogens with one attached hydrogen (secondary N) is 1. The highest BCUT2D eigenvalue weighted by molar-refractivity contribution is 8.00. The van der Waals surface area contributed by atoms with E-state index in [9.17, 15) is 4.79 Å². The molecule has 0 saturated carbocycles. The van der Waals surface area contributed by atoms with Gasteiger partial charge in [0.1, 0.15) is 5.84 Å². The number of rotatable bonds is 2. The van der Waals surface area contributed by atoms with Crippen LogP contribution in [0.1, 0.15) is 41.1 Å². The van der Waals surface area contributed by atoms with Gasteiger partial charge in [-0.25, -0.2) is 0 Å². The Morgan fingerprint density at radius 1 is 1.37 bits per heavy atom. The number of carbonyl (C=O) groups is 1. The van der Waals surface area contributed by atoms with Crippen molar-refractivity contribution in [2.45, 2.75) is 30.9 Å². The van der Waals surface area contributed by atoms with Gasteiger partial charge in [0.25, 0.3) is 0 Å². The average molecular weight is 294 g/mol. The third-order valence-corrected chi connectivity index (χ3v) is 5.98. The van der Waals surface area contributed by atoms with Crippen molar-refractivity contribution in [1.82, 2.24) is 5.32 Å². The molecule has 1 N–H and O–H groups in total. The maximum Gasteiger partial charge on any atom is 0.165 e. The molecule has 0 bridgehead atoms. The van der Waals surface area contributed by atoms with Gasteiger partial charge < -0.3 is 5.32 Å². The predicted octanol–water partition coefficient (Wildman–Crippen LogP) is 2.97. The van der Waals surface area contributed by atoms with Crippen molar-refractivity contribution < 1.29 is 4.79 Å². The summed E-state index contributed by atoms with van der Waals surface area (Å²) in [4.78, 5) is 18.2. The van der Waals surface area contributed by atoms with Crippen LogP contribution < -0.4 is 5.32 Å². The van der Waals surface area contributed by atoms with Gasteiger partial charge in [-0.2, -0.15) is 0 Å². The van der Waals surface area contributed by atoms with Crippen LogP contribution in [-0.4, -0.2) is 31.0 Å². The van der Waals surface area contributed by atoms with E-state index in [1.54, 1.807) is 23.1 Å². The number of nitrogens with zero attached hydrogens (tertiary/aromatic N) is 1. The van der Waals surface area contributed by atoms with Gasteiger partial charge in [0, 0.05) is 18.5 Å². The van der Waals surface area contributed by atoms with Crippen LogP contribution in [0.2, 0.25) is 0 Å². The summed E-state index contributed by atoms with van der Waals surface area (Å²) >= 11 is 3.41. The highest BCUT2D eigenvalue weighted by atomic mass is 32.2. The van der Waals surface area contributed by atoms with Gasteiger partial charge in [0.05, 0.1) is 15.6 Å². The lowest BCUT2D eigenvalue weighted by atomic mass is 9.74. The highest BCUT2D eigenvalue weighted by Gasteiger charge is 2.37. The second-order valence-electron chi connectivity index (χ2n) is 5.87. The normalized spacial score (nSPS) is 21.0. The highest BCUT2D eigenvalue weighted by Crippen LogP contribution is 2.44. The molecule has 5 heteroatoms. The van der Waals surface area contributed by atoms with Gasteiger partial charge in [-0.15, -0.1) is 23.1 Å². The number of hydrogen-bond acceptors (Lipinski definition) is 5. The SMILES string of the molecule is CSc1sc(C2=NCCN2)c2c1C(=O)CC(C)(C)C2. The van der Waals surface area contributed by atoms with E-state index in [0.29, 0.717) is 12.2 Å². The van der Waals surface area contributed by atoms with E-state index in [1.165, 1.54) is 10.4 Å². The van der Waals surface area contributed by atoms with Crippen LogP contribution in [0.15, 0.2) is 9.20 Å². The van der Waals surface area contributed by atoms with E-state index in [2.05, 4.69) is 24.2 Å². The summed E-state index contributed by atoms with van der Waals surface area (Å²) in [7, 11) is 0. The summed E-state index contributed by atoms with van der Waals surface area (Å²) in [6, 6.07) is 0. The van der Waals surface area contributed by atoms with Gasteiger partial charge in [0.15, 0.2) is 5.78 Å². The number of hydrogen-bond donors (Lipinski definition) is 1. The fourth-order valence-electron chi connectivity index (χ4n) is 2.84. The van der Waals surface area contributed by atoms with Crippen LogP contribution in [0, 0.1) is 5.41 Å². The Labute approximate surface area is 121 Å². The first kappa shape index (κ1) is 13.2. The molecular formula is C14H18N2OS2. The third kappa shape index (κ3) is 2.23. The summed E-state index contributed by atoms with van der Waals surface area (Å²) in [6.45, 7) is 6.11. The first-order valence-corrected chi connectivity index (χ1v) is 8.57. The summed E-state index contributed by atoms with van der Waals surface area (Å²) in [6.07, 6.45) is 3.68. The fraction of sp³-hybridized carbons (Fsp3) is 0.571. The maximum atomic E-state index is 12.4. The van der Waals surface area contributed by atoms with E-state index in [-0.39, 0.29) is 5.41 Å². The van der Waals surface area contributed by atoms with E-state index in [0.717, 1.165) is 35.1 Å². The first-order chi connectivity index (χ1) is 9.02. The monoisotopic (exact) mass is 294 g/mol. The molecule has 1 aliphatic heterocycles. The van der Waals surface area contributed by atoms with Gasteiger partial charge in [-0.1, -0.05) is 13.8 Å². The third-order valence-electron chi connectivity index (χ3n) is 3.62. The smallest absolute Gasteiger partial charge is 0.165 e. The minimum absolute atomic E-state index is 0.0642. The van der Waals surface area contributed by atoms with Crippen LogP contribution >= 0.6 is 23.1 Å². The minimum Gasteiger partial charge on any atom is -0.367 e. The van der Waals surface area contributed by atoms with Gasteiger partial charge in [0.2, 0.25) is 0 Å². The van der Waals surface area contributed by atoms with Crippen molar-refractivity contribution >= 4 is 34.7 Å². The molecule has 0 spiro atoms. The number of ketones is 1. The predicted molar refractivity (Wildman–Crippen MR) is 81.9 cm³/mol. The molecule has 2 aliphatic rings. The van der Waals surface area contributed by atoms with E-state index in [4.69, 9.17) is 0 Å². The summed E-state index contributed by atoms with van der Waals surface area (Å²) in [5, 5.41) is 3.34. The van der Waals surface area contributed by atoms with Crippen molar-refractivity contribution in [3.05, 3.63) is 16.0 Å². The standard InChI is InChI=1S/C14H18N2OS2/c1-14(2)6-8-10(9(17)7-14)13(18-3)19-11(8)12-15-4-5-16-12/h4-7H2,1-3H3,(H,15,16). The Morgan fingerprint density at radius 3 is 2.79 bits per heavy atom. The largest absolute Gasteiger partial charge is 0.367 e. The zero-order valence-corrected chi connectivity index (χ0v) is 13.1. The molecule has 3 rings (SSSR count). The van der Waals surface area contributed by atoms with E-state index < -0.39 is 0 Å². The van der Waals surface area contributed by atoms with Crippen molar-refractivity contribution in [3.8, 4) is 0 Å². The summed E-state index contributed by atoms with van der Waals surface area (Å²) in [5.74, 6) is 1.30. The number of carbonyl (C=O) groups excluding carboxylic acids is 1. The lowest BCUT2D eigenvalue weighted by Gasteiger charge is -2.29. The fourth-order valence-corrected chi connectivity index (χ4v) is 4.92. The average Bonchev–Trinajstić information content (AvgIpc) is 2.93. The van der Waals surface area contributed by atoms with Gasteiger partial charge in [-0.3, -0.25) is 9.79 Å².